The van der Waals surface area contributed by atoms with Crippen LogP contribution in [0.4, 0.5) is 4.79 Å². The maximum atomic E-state index is 11.4. The Bertz CT molecular complexity index is 241. The smallest absolute Gasteiger partial charge is 0.315 e. The molecular formula is C11H20N2O2. The molecule has 0 heterocycles. The third-order valence-corrected chi connectivity index (χ3v) is 3.48. The molecule has 0 aromatic heterocycles. The van der Waals surface area contributed by atoms with Gasteiger partial charge in [-0.25, -0.2) is 4.79 Å². The quantitative estimate of drug-likeness (QED) is 0.653. The summed E-state index contributed by atoms with van der Waals surface area (Å²) in [5.41, 5.74) is -0.564. The van der Waals surface area contributed by atoms with E-state index < -0.39 is 5.60 Å². The molecule has 86 valence electrons. The number of hydrogen-bond donors (Lipinski definition) is 3. The zero-order chi connectivity index (χ0) is 10.9. The number of hydrogen-bond acceptors (Lipinski definition) is 2. The molecule has 15 heavy (non-hydrogen) atoms. The Morgan fingerprint density at radius 1 is 1.47 bits per heavy atom. The predicted molar refractivity (Wildman–Crippen MR) is 57.5 cm³/mol. The maximum absolute atomic E-state index is 11.4. The molecule has 0 aliphatic heterocycles. The minimum absolute atomic E-state index is 0.0811. The second kappa shape index (κ2) is 4.00. The van der Waals surface area contributed by atoms with Crippen LogP contribution in [0, 0.1) is 5.92 Å². The van der Waals surface area contributed by atoms with E-state index in [2.05, 4.69) is 10.6 Å². The zero-order valence-corrected chi connectivity index (χ0v) is 9.25. The van der Waals surface area contributed by atoms with Crippen molar-refractivity contribution in [3.05, 3.63) is 0 Å². The summed E-state index contributed by atoms with van der Waals surface area (Å²) >= 11 is 0. The van der Waals surface area contributed by atoms with Crippen LogP contribution in [0.2, 0.25) is 0 Å². The van der Waals surface area contributed by atoms with Crippen LogP contribution in [0.25, 0.3) is 0 Å². The molecule has 2 aliphatic carbocycles. The molecule has 4 heteroatoms. The van der Waals surface area contributed by atoms with Gasteiger partial charge in [-0.2, -0.15) is 0 Å². The van der Waals surface area contributed by atoms with Gasteiger partial charge in [0.05, 0.1) is 5.60 Å². The molecule has 4 nitrogen and oxygen atoms in total. The molecule has 0 aromatic carbocycles. The summed E-state index contributed by atoms with van der Waals surface area (Å²) in [6.07, 6.45) is 5.14. The molecule has 2 rings (SSSR count). The lowest BCUT2D eigenvalue weighted by Gasteiger charge is -2.41. The van der Waals surface area contributed by atoms with Gasteiger partial charge in [0.1, 0.15) is 0 Å². The molecule has 0 spiro atoms. The first-order valence-electron chi connectivity index (χ1n) is 5.82. The van der Waals surface area contributed by atoms with E-state index in [9.17, 15) is 9.90 Å². The number of urea groups is 1. The van der Waals surface area contributed by atoms with Crippen molar-refractivity contribution in [3.8, 4) is 0 Å². The Morgan fingerprint density at radius 3 is 2.60 bits per heavy atom. The van der Waals surface area contributed by atoms with E-state index in [1.807, 2.05) is 0 Å². The molecular weight excluding hydrogens is 192 g/mol. The van der Waals surface area contributed by atoms with Crippen molar-refractivity contribution in [2.24, 2.45) is 5.92 Å². The van der Waals surface area contributed by atoms with E-state index in [0.717, 1.165) is 6.54 Å². The summed E-state index contributed by atoms with van der Waals surface area (Å²) in [6, 6.07) is 0.0730. The number of aliphatic hydroxyl groups is 1. The number of carbonyl (C=O) groups is 1. The van der Waals surface area contributed by atoms with Gasteiger partial charge >= 0.3 is 6.03 Å². The van der Waals surface area contributed by atoms with Gasteiger partial charge in [0.2, 0.25) is 0 Å². The molecule has 0 saturated heterocycles. The molecule has 0 aromatic rings. The average molecular weight is 212 g/mol. The van der Waals surface area contributed by atoms with Crippen LogP contribution in [-0.4, -0.2) is 29.3 Å². The average Bonchev–Trinajstić information content (AvgIpc) is 1.97. The Labute approximate surface area is 90.4 Å². The monoisotopic (exact) mass is 212 g/mol. The largest absolute Gasteiger partial charge is 0.390 e. The molecule has 0 radical (unpaired) electrons. The lowest BCUT2D eigenvalue weighted by atomic mass is 9.77. The van der Waals surface area contributed by atoms with Crippen molar-refractivity contribution in [1.82, 2.24) is 10.6 Å². The second-order valence-electron chi connectivity index (χ2n) is 5.25. The first-order valence-corrected chi connectivity index (χ1v) is 5.82. The van der Waals surface area contributed by atoms with E-state index in [-0.39, 0.29) is 12.1 Å². The predicted octanol–water partition coefficient (Wildman–Crippen LogP) is 0.999. The van der Waals surface area contributed by atoms with Crippen LogP contribution in [0.15, 0.2) is 0 Å². The minimum Gasteiger partial charge on any atom is -0.390 e. The van der Waals surface area contributed by atoms with Crippen molar-refractivity contribution < 1.29 is 9.90 Å². The Balaban J connectivity index is 1.57. The summed E-state index contributed by atoms with van der Waals surface area (Å²) in [6.45, 7) is 2.60. The number of rotatable bonds is 3. The second-order valence-corrected chi connectivity index (χ2v) is 5.25. The normalized spacial score (nSPS) is 35.2. The SMILES string of the molecule is CC1(O)CC(NC(=O)NCC2CCC2)C1. The van der Waals surface area contributed by atoms with Gasteiger partial charge in [-0.3, -0.25) is 0 Å². The number of amides is 2. The van der Waals surface area contributed by atoms with Crippen LogP contribution >= 0.6 is 0 Å². The van der Waals surface area contributed by atoms with Crippen LogP contribution in [-0.2, 0) is 0 Å². The van der Waals surface area contributed by atoms with E-state index in [4.69, 9.17) is 0 Å². The maximum Gasteiger partial charge on any atom is 0.315 e. The number of nitrogens with one attached hydrogen (secondary N) is 2. The van der Waals surface area contributed by atoms with Crippen LogP contribution in [0.1, 0.15) is 39.0 Å². The molecule has 3 N–H and O–H groups in total. The third-order valence-electron chi connectivity index (χ3n) is 3.48. The Kier molecular flexibility index (Phi) is 2.87. The fraction of sp³-hybridized carbons (Fsp3) is 0.909. The van der Waals surface area contributed by atoms with Gasteiger partial charge in [-0.1, -0.05) is 6.42 Å². The fourth-order valence-electron chi connectivity index (χ4n) is 2.27. The summed E-state index contributed by atoms with van der Waals surface area (Å²) in [4.78, 5) is 11.4. The number of carbonyl (C=O) groups excluding carboxylic acids is 1. The van der Waals surface area contributed by atoms with Gasteiger partial charge < -0.3 is 15.7 Å². The van der Waals surface area contributed by atoms with Crippen molar-refractivity contribution >= 4 is 6.03 Å². The highest BCUT2D eigenvalue weighted by molar-refractivity contribution is 5.74. The Morgan fingerprint density at radius 2 is 2.13 bits per heavy atom. The molecule has 0 atom stereocenters. The molecule has 0 bridgehead atoms. The lowest BCUT2D eigenvalue weighted by molar-refractivity contribution is -0.0355. The lowest BCUT2D eigenvalue weighted by Crippen LogP contribution is -2.55. The molecule has 2 fully saturated rings. The summed E-state index contributed by atoms with van der Waals surface area (Å²) < 4.78 is 0. The van der Waals surface area contributed by atoms with Crippen molar-refractivity contribution in [2.45, 2.75) is 50.7 Å². The van der Waals surface area contributed by atoms with Crippen molar-refractivity contribution in [3.63, 3.8) is 0 Å². The van der Waals surface area contributed by atoms with Crippen LogP contribution in [0.3, 0.4) is 0 Å². The van der Waals surface area contributed by atoms with Gasteiger partial charge in [-0.15, -0.1) is 0 Å². The van der Waals surface area contributed by atoms with Crippen molar-refractivity contribution in [2.75, 3.05) is 6.54 Å². The summed E-state index contributed by atoms with van der Waals surface area (Å²) in [7, 11) is 0. The Hall–Kier alpha value is -0.770. The van der Waals surface area contributed by atoms with Gasteiger partial charge in [0.25, 0.3) is 0 Å². The minimum atomic E-state index is -0.564. The highest BCUT2D eigenvalue weighted by Crippen LogP contribution is 2.31. The highest BCUT2D eigenvalue weighted by Gasteiger charge is 2.39. The van der Waals surface area contributed by atoms with E-state index in [1.54, 1.807) is 6.92 Å². The van der Waals surface area contributed by atoms with Gasteiger partial charge in [0.15, 0.2) is 0 Å². The summed E-state index contributed by atoms with van der Waals surface area (Å²) in [5, 5.41) is 15.2. The molecule has 2 saturated carbocycles. The highest BCUT2D eigenvalue weighted by atomic mass is 16.3. The summed E-state index contributed by atoms with van der Waals surface area (Å²) in [5.74, 6) is 0.695. The first kappa shape index (κ1) is 10.7. The fourth-order valence-corrected chi connectivity index (χ4v) is 2.27. The van der Waals surface area contributed by atoms with Crippen LogP contribution in [0.5, 0.6) is 0 Å². The molecule has 0 unspecified atom stereocenters. The topological polar surface area (TPSA) is 61.4 Å². The zero-order valence-electron chi connectivity index (χ0n) is 9.25. The molecule has 2 aliphatic rings. The first-order chi connectivity index (χ1) is 7.05. The van der Waals surface area contributed by atoms with E-state index in [0.29, 0.717) is 18.8 Å². The van der Waals surface area contributed by atoms with E-state index in [1.165, 1.54) is 19.3 Å². The van der Waals surface area contributed by atoms with Gasteiger partial charge in [-0.05, 0) is 38.5 Å². The van der Waals surface area contributed by atoms with Crippen molar-refractivity contribution in [1.29, 1.82) is 0 Å². The molecule has 2 amide bonds. The van der Waals surface area contributed by atoms with Crippen LogP contribution < -0.4 is 10.6 Å². The van der Waals surface area contributed by atoms with E-state index >= 15 is 0 Å². The standard InChI is InChI=1S/C11H20N2O2/c1-11(15)5-9(6-11)13-10(14)12-7-8-3-2-4-8/h8-9,15H,2-7H2,1H3,(H2,12,13,14). The van der Waals surface area contributed by atoms with Gasteiger partial charge in [0, 0.05) is 12.6 Å². The third kappa shape index (κ3) is 2.84.